The first-order chi connectivity index (χ1) is 9.06. The molecule has 0 saturated carbocycles. The maximum atomic E-state index is 11.9. The van der Waals surface area contributed by atoms with Crippen molar-refractivity contribution in [2.75, 3.05) is 5.73 Å². The predicted molar refractivity (Wildman–Crippen MR) is 76.0 cm³/mol. The van der Waals surface area contributed by atoms with Crippen LogP contribution >= 0.6 is 11.6 Å². The minimum absolute atomic E-state index is 0.202. The standard InChI is InChI=1S/C14H14ClN3O/c1-9-3-2-4-11(18-9)8-17-14(19)10-5-6-12(15)13(16)7-10/h2-7H,8,16H2,1H3,(H,17,19). The van der Waals surface area contributed by atoms with E-state index in [9.17, 15) is 4.79 Å². The number of rotatable bonds is 3. The Morgan fingerprint density at radius 2 is 2.16 bits per heavy atom. The van der Waals surface area contributed by atoms with Crippen molar-refractivity contribution < 1.29 is 4.79 Å². The Bertz CT molecular complexity index is 613. The molecule has 0 unspecified atom stereocenters. The number of nitrogens with one attached hydrogen (secondary N) is 1. The number of benzene rings is 1. The monoisotopic (exact) mass is 275 g/mol. The molecule has 0 spiro atoms. The lowest BCUT2D eigenvalue weighted by Gasteiger charge is -2.06. The van der Waals surface area contributed by atoms with Crippen molar-refractivity contribution >= 4 is 23.2 Å². The number of nitrogens with two attached hydrogens (primary N) is 1. The lowest BCUT2D eigenvalue weighted by molar-refractivity contribution is 0.0950. The van der Waals surface area contributed by atoms with Crippen LogP contribution < -0.4 is 11.1 Å². The van der Waals surface area contributed by atoms with E-state index in [1.54, 1.807) is 18.2 Å². The van der Waals surface area contributed by atoms with Gasteiger partial charge in [-0.2, -0.15) is 0 Å². The second-order valence-electron chi connectivity index (χ2n) is 4.19. The highest BCUT2D eigenvalue weighted by molar-refractivity contribution is 6.33. The minimum Gasteiger partial charge on any atom is -0.398 e. The van der Waals surface area contributed by atoms with E-state index >= 15 is 0 Å². The van der Waals surface area contributed by atoms with E-state index < -0.39 is 0 Å². The van der Waals surface area contributed by atoms with Crippen LogP contribution in [0.15, 0.2) is 36.4 Å². The van der Waals surface area contributed by atoms with Crippen LogP contribution in [0.4, 0.5) is 5.69 Å². The third-order valence-corrected chi connectivity index (χ3v) is 2.98. The lowest BCUT2D eigenvalue weighted by atomic mass is 10.2. The van der Waals surface area contributed by atoms with Gasteiger partial charge < -0.3 is 11.1 Å². The first-order valence-corrected chi connectivity index (χ1v) is 6.20. The summed E-state index contributed by atoms with van der Waals surface area (Å²) in [7, 11) is 0. The van der Waals surface area contributed by atoms with Crippen LogP contribution in [0.3, 0.4) is 0 Å². The van der Waals surface area contributed by atoms with Gasteiger partial charge in [0.15, 0.2) is 0 Å². The highest BCUT2D eigenvalue weighted by atomic mass is 35.5. The van der Waals surface area contributed by atoms with E-state index in [4.69, 9.17) is 17.3 Å². The molecule has 1 amide bonds. The lowest BCUT2D eigenvalue weighted by Crippen LogP contribution is -2.23. The maximum absolute atomic E-state index is 11.9. The molecule has 0 aliphatic heterocycles. The van der Waals surface area contributed by atoms with Crippen molar-refractivity contribution in [1.29, 1.82) is 0 Å². The number of pyridine rings is 1. The van der Waals surface area contributed by atoms with Gasteiger partial charge in [-0.3, -0.25) is 9.78 Å². The van der Waals surface area contributed by atoms with Crippen LogP contribution in [0.5, 0.6) is 0 Å². The third kappa shape index (κ3) is 3.45. The van der Waals surface area contributed by atoms with Gasteiger partial charge in [-0.15, -0.1) is 0 Å². The number of hydrogen-bond donors (Lipinski definition) is 2. The number of carbonyl (C=O) groups is 1. The smallest absolute Gasteiger partial charge is 0.251 e. The molecule has 0 aliphatic carbocycles. The van der Waals surface area contributed by atoms with Gasteiger partial charge in [0.1, 0.15) is 0 Å². The second-order valence-corrected chi connectivity index (χ2v) is 4.60. The normalized spacial score (nSPS) is 10.2. The molecule has 4 nitrogen and oxygen atoms in total. The van der Waals surface area contributed by atoms with Gasteiger partial charge in [0.05, 0.1) is 22.9 Å². The van der Waals surface area contributed by atoms with Crippen LogP contribution in [0.1, 0.15) is 21.7 Å². The van der Waals surface area contributed by atoms with Gasteiger partial charge in [0, 0.05) is 11.3 Å². The third-order valence-electron chi connectivity index (χ3n) is 2.63. The van der Waals surface area contributed by atoms with Gasteiger partial charge >= 0.3 is 0 Å². The number of nitrogens with zero attached hydrogens (tertiary/aromatic N) is 1. The Labute approximate surface area is 116 Å². The summed E-state index contributed by atoms with van der Waals surface area (Å²) in [5.74, 6) is -0.202. The van der Waals surface area contributed by atoms with Crippen molar-refractivity contribution in [3.63, 3.8) is 0 Å². The zero-order chi connectivity index (χ0) is 13.8. The number of amides is 1. The fourth-order valence-electron chi connectivity index (χ4n) is 1.66. The zero-order valence-electron chi connectivity index (χ0n) is 10.5. The Balaban J connectivity index is 2.03. The molecule has 19 heavy (non-hydrogen) atoms. The average molecular weight is 276 g/mol. The molecule has 0 saturated heterocycles. The summed E-state index contributed by atoms with van der Waals surface area (Å²) in [5.41, 5.74) is 8.27. The van der Waals surface area contributed by atoms with Crippen LogP contribution in [0.25, 0.3) is 0 Å². The molecule has 5 heteroatoms. The van der Waals surface area contributed by atoms with Gasteiger partial charge in [-0.25, -0.2) is 0 Å². The van der Waals surface area contributed by atoms with Crippen molar-refractivity contribution in [3.05, 3.63) is 58.4 Å². The highest BCUT2D eigenvalue weighted by Gasteiger charge is 2.07. The van der Waals surface area contributed by atoms with Crippen LogP contribution in [-0.2, 0) is 6.54 Å². The molecular weight excluding hydrogens is 262 g/mol. The molecule has 1 aromatic heterocycles. The highest BCUT2D eigenvalue weighted by Crippen LogP contribution is 2.19. The molecule has 2 aromatic rings. The fraction of sp³-hybridized carbons (Fsp3) is 0.143. The van der Waals surface area contributed by atoms with Gasteiger partial charge in [-0.1, -0.05) is 17.7 Å². The molecule has 0 radical (unpaired) electrons. The van der Waals surface area contributed by atoms with Crippen LogP contribution in [0.2, 0.25) is 5.02 Å². The first-order valence-electron chi connectivity index (χ1n) is 5.82. The number of halogens is 1. The summed E-state index contributed by atoms with van der Waals surface area (Å²) in [6, 6.07) is 10.5. The van der Waals surface area contributed by atoms with E-state index in [1.807, 2.05) is 25.1 Å². The number of nitrogen functional groups attached to an aromatic ring is 1. The number of anilines is 1. The van der Waals surface area contributed by atoms with E-state index in [2.05, 4.69) is 10.3 Å². The predicted octanol–water partition coefficient (Wildman–Crippen LogP) is 2.56. The molecule has 0 atom stereocenters. The van der Waals surface area contributed by atoms with Crippen molar-refractivity contribution in [2.45, 2.75) is 13.5 Å². The largest absolute Gasteiger partial charge is 0.398 e. The Kier molecular flexibility index (Phi) is 4.02. The summed E-state index contributed by atoms with van der Waals surface area (Å²) >= 11 is 5.81. The summed E-state index contributed by atoms with van der Waals surface area (Å²) in [4.78, 5) is 16.2. The quantitative estimate of drug-likeness (QED) is 0.846. The van der Waals surface area contributed by atoms with E-state index in [-0.39, 0.29) is 5.91 Å². The SMILES string of the molecule is Cc1cccc(CNC(=O)c2ccc(Cl)c(N)c2)n1. The van der Waals surface area contributed by atoms with E-state index in [0.717, 1.165) is 11.4 Å². The topological polar surface area (TPSA) is 68.0 Å². The van der Waals surface area contributed by atoms with Crippen molar-refractivity contribution in [1.82, 2.24) is 10.3 Å². The van der Waals surface area contributed by atoms with Crippen molar-refractivity contribution in [3.8, 4) is 0 Å². The molecule has 0 aliphatic rings. The van der Waals surface area contributed by atoms with Crippen LogP contribution in [-0.4, -0.2) is 10.9 Å². The Hall–Kier alpha value is -2.07. The molecular formula is C14H14ClN3O. The van der Waals surface area contributed by atoms with E-state index in [0.29, 0.717) is 22.8 Å². The van der Waals surface area contributed by atoms with Gasteiger partial charge in [-0.05, 0) is 37.3 Å². The molecule has 98 valence electrons. The van der Waals surface area contributed by atoms with Gasteiger partial charge in [0.25, 0.3) is 5.91 Å². The van der Waals surface area contributed by atoms with Crippen LogP contribution in [0, 0.1) is 6.92 Å². The molecule has 0 fully saturated rings. The Morgan fingerprint density at radius 1 is 1.37 bits per heavy atom. The molecule has 2 rings (SSSR count). The second kappa shape index (κ2) is 5.71. The number of aromatic nitrogens is 1. The fourth-order valence-corrected chi connectivity index (χ4v) is 1.77. The number of aryl methyl sites for hydroxylation is 1. The number of carbonyl (C=O) groups excluding carboxylic acids is 1. The first kappa shape index (κ1) is 13.4. The summed E-state index contributed by atoms with van der Waals surface area (Å²) < 4.78 is 0. The summed E-state index contributed by atoms with van der Waals surface area (Å²) in [6.45, 7) is 2.29. The maximum Gasteiger partial charge on any atom is 0.251 e. The summed E-state index contributed by atoms with van der Waals surface area (Å²) in [5, 5.41) is 3.23. The summed E-state index contributed by atoms with van der Waals surface area (Å²) in [6.07, 6.45) is 0. The molecule has 3 N–H and O–H groups in total. The molecule has 1 aromatic carbocycles. The minimum atomic E-state index is -0.202. The Morgan fingerprint density at radius 3 is 2.84 bits per heavy atom. The number of hydrogen-bond acceptors (Lipinski definition) is 3. The van der Waals surface area contributed by atoms with Crippen molar-refractivity contribution in [2.24, 2.45) is 0 Å². The molecule has 0 bridgehead atoms. The zero-order valence-corrected chi connectivity index (χ0v) is 11.2. The molecule has 1 heterocycles. The van der Waals surface area contributed by atoms with Gasteiger partial charge in [0.2, 0.25) is 0 Å². The van der Waals surface area contributed by atoms with E-state index in [1.165, 1.54) is 0 Å². The average Bonchev–Trinajstić information content (AvgIpc) is 2.39.